The summed E-state index contributed by atoms with van der Waals surface area (Å²) in [6.45, 7) is 5.77. The minimum atomic E-state index is 0.655. The Morgan fingerprint density at radius 3 is 2.67 bits per heavy atom. The van der Waals surface area contributed by atoms with Crippen molar-refractivity contribution < 1.29 is 4.74 Å². The second-order valence-corrected chi connectivity index (χ2v) is 5.57. The minimum Gasteiger partial charge on any atom is -0.493 e. The van der Waals surface area contributed by atoms with Crippen LogP contribution in [-0.4, -0.2) is 13.2 Å². The molecule has 0 atom stereocenters. The van der Waals surface area contributed by atoms with Crippen LogP contribution in [0.25, 0.3) is 0 Å². The molecule has 0 heterocycles. The number of rotatable bonds is 8. The molecule has 0 bridgehead atoms. The molecule has 1 rings (SSSR count). The summed E-state index contributed by atoms with van der Waals surface area (Å²) < 4.78 is 7.04. The first-order chi connectivity index (χ1) is 8.69. The topological polar surface area (TPSA) is 35.2 Å². The lowest BCUT2D eigenvalue weighted by molar-refractivity contribution is 0.300. The van der Waals surface area contributed by atoms with Crippen LogP contribution in [0.1, 0.15) is 43.7 Å². The smallest absolute Gasteiger partial charge is 0.125 e. The molecule has 0 aliphatic rings. The third-order valence-corrected chi connectivity index (χ3v) is 3.43. The van der Waals surface area contributed by atoms with E-state index in [4.69, 9.17) is 10.5 Å². The van der Waals surface area contributed by atoms with Gasteiger partial charge in [-0.1, -0.05) is 42.1 Å². The largest absolute Gasteiger partial charge is 0.493 e. The molecule has 0 unspecified atom stereocenters. The molecule has 0 saturated carbocycles. The van der Waals surface area contributed by atoms with Gasteiger partial charge in [0.1, 0.15) is 5.75 Å². The highest BCUT2D eigenvalue weighted by Gasteiger charge is 2.08. The van der Waals surface area contributed by atoms with Gasteiger partial charge in [-0.2, -0.15) is 0 Å². The van der Waals surface area contributed by atoms with E-state index >= 15 is 0 Å². The SMILES string of the molecule is CCCCCCOc1c(C)cc(Br)cc1CCN. The summed E-state index contributed by atoms with van der Waals surface area (Å²) >= 11 is 3.52. The number of halogens is 1. The maximum absolute atomic E-state index is 5.95. The van der Waals surface area contributed by atoms with E-state index in [9.17, 15) is 0 Å². The van der Waals surface area contributed by atoms with Crippen molar-refractivity contribution in [1.29, 1.82) is 0 Å². The monoisotopic (exact) mass is 313 g/mol. The quantitative estimate of drug-likeness (QED) is 0.729. The Morgan fingerprint density at radius 2 is 2.00 bits per heavy atom. The zero-order valence-corrected chi connectivity index (χ0v) is 13.1. The van der Waals surface area contributed by atoms with Gasteiger partial charge in [0.05, 0.1) is 6.61 Å². The maximum atomic E-state index is 5.95. The van der Waals surface area contributed by atoms with Crippen molar-refractivity contribution >= 4 is 15.9 Å². The van der Waals surface area contributed by atoms with Crippen LogP contribution in [0.2, 0.25) is 0 Å². The van der Waals surface area contributed by atoms with Crippen molar-refractivity contribution in [2.45, 2.75) is 46.0 Å². The zero-order valence-electron chi connectivity index (χ0n) is 11.5. The molecule has 1 aromatic carbocycles. The van der Waals surface area contributed by atoms with Gasteiger partial charge < -0.3 is 10.5 Å². The Kier molecular flexibility index (Phi) is 7.36. The predicted molar refractivity (Wildman–Crippen MR) is 81.3 cm³/mol. The Bertz CT molecular complexity index is 366. The average Bonchev–Trinajstić information content (AvgIpc) is 2.32. The van der Waals surface area contributed by atoms with Crippen LogP contribution in [0.3, 0.4) is 0 Å². The zero-order chi connectivity index (χ0) is 13.4. The number of aryl methyl sites for hydroxylation is 1. The van der Waals surface area contributed by atoms with E-state index in [0.29, 0.717) is 6.54 Å². The summed E-state index contributed by atoms with van der Waals surface area (Å²) in [6.07, 6.45) is 5.79. The van der Waals surface area contributed by atoms with Crippen LogP contribution < -0.4 is 10.5 Å². The summed E-state index contributed by atoms with van der Waals surface area (Å²) in [7, 11) is 0. The van der Waals surface area contributed by atoms with Crippen molar-refractivity contribution in [3.05, 3.63) is 27.7 Å². The standard InChI is InChI=1S/C15H24BrNO/c1-3-4-5-6-9-18-15-12(2)10-14(16)11-13(15)7-8-17/h10-11H,3-9,17H2,1-2H3. The number of ether oxygens (including phenoxy) is 1. The lowest BCUT2D eigenvalue weighted by atomic mass is 10.1. The van der Waals surface area contributed by atoms with Gasteiger partial charge in [0.15, 0.2) is 0 Å². The van der Waals surface area contributed by atoms with E-state index in [1.54, 1.807) is 0 Å². The summed E-state index contributed by atoms with van der Waals surface area (Å²) in [5.41, 5.74) is 8.04. The van der Waals surface area contributed by atoms with Gasteiger partial charge in [0.25, 0.3) is 0 Å². The predicted octanol–water partition coefficient (Wildman–Crippen LogP) is 4.22. The van der Waals surface area contributed by atoms with Gasteiger partial charge in [0, 0.05) is 4.47 Å². The van der Waals surface area contributed by atoms with E-state index in [1.807, 2.05) is 0 Å². The van der Waals surface area contributed by atoms with Gasteiger partial charge in [-0.05, 0) is 49.6 Å². The van der Waals surface area contributed by atoms with E-state index < -0.39 is 0 Å². The number of benzene rings is 1. The van der Waals surface area contributed by atoms with Gasteiger partial charge in [-0.25, -0.2) is 0 Å². The molecule has 0 aliphatic carbocycles. The minimum absolute atomic E-state index is 0.655. The molecule has 2 nitrogen and oxygen atoms in total. The molecule has 0 fully saturated rings. The summed E-state index contributed by atoms with van der Waals surface area (Å²) in [6, 6.07) is 4.21. The fourth-order valence-electron chi connectivity index (χ4n) is 2.05. The number of hydrogen-bond acceptors (Lipinski definition) is 2. The first kappa shape index (κ1) is 15.5. The molecule has 2 N–H and O–H groups in total. The molecule has 0 aliphatic heterocycles. The number of nitrogens with two attached hydrogens (primary N) is 1. The highest BCUT2D eigenvalue weighted by molar-refractivity contribution is 9.10. The lowest BCUT2D eigenvalue weighted by Gasteiger charge is -2.14. The molecular weight excluding hydrogens is 290 g/mol. The molecule has 0 spiro atoms. The summed E-state index contributed by atoms with van der Waals surface area (Å²) in [5, 5.41) is 0. The second kappa shape index (κ2) is 8.54. The van der Waals surface area contributed by atoms with Gasteiger partial charge in [-0.15, -0.1) is 0 Å². The van der Waals surface area contributed by atoms with Crippen LogP contribution in [-0.2, 0) is 6.42 Å². The second-order valence-electron chi connectivity index (χ2n) is 4.66. The molecular formula is C15H24BrNO. The van der Waals surface area contributed by atoms with Gasteiger partial charge in [-0.3, -0.25) is 0 Å². The van der Waals surface area contributed by atoms with Crippen LogP contribution in [0, 0.1) is 6.92 Å². The Balaban J connectivity index is 2.62. The first-order valence-electron chi connectivity index (χ1n) is 6.81. The van der Waals surface area contributed by atoms with E-state index in [-0.39, 0.29) is 0 Å². The molecule has 0 amide bonds. The van der Waals surface area contributed by atoms with Crippen LogP contribution in [0.5, 0.6) is 5.75 Å². The average molecular weight is 314 g/mol. The van der Waals surface area contributed by atoms with Crippen molar-refractivity contribution in [3.63, 3.8) is 0 Å². The van der Waals surface area contributed by atoms with Crippen LogP contribution >= 0.6 is 15.9 Å². The fourth-order valence-corrected chi connectivity index (χ4v) is 2.67. The lowest BCUT2D eigenvalue weighted by Crippen LogP contribution is -2.07. The number of hydrogen-bond donors (Lipinski definition) is 1. The molecule has 1 aromatic rings. The Hall–Kier alpha value is -0.540. The molecule has 0 radical (unpaired) electrons. The highest BCUT2D eigenvalue weighted by atomic mass is 79.9. The molecule has 3 heteroatoms. The van der Waals surface area contributed by atoms with Crippen molar-refractivity contribution in [3.8, 4) is 5.75 Å². The molecule has 0 saturated heterocycles. The highest BCUT2D eigenvalue weighted by Crippen LogP contribution is 2.28. The fraction of sp³-hybridized carbons (Fsp3) is 0.600. The van der Waals surface area contributed by atoms with Crippen molar-refractivity contribution in [2.75, 3.05) is 13.2 Å². The summed E-state index contributed by atoms with van der Waals surface area (Å²) in [5.74, 6) is 1.03. The number of unbranched alkanes of at least 4 members (excludes halogenated alkanes) is 3. The van der Waals surface area contributed by atoms with E-state index in [2.05, 4.69) is 41.9 Å². The molecule has 102 valence electrons. The van der Waals surface area contributed by atoms with Crippen molar-refractivity contribution in [2.24, 2.45) is 5.73 Å². The Labute approximate surface area is 119 Å². The maximum Gasteiger partial charge on any atom is 0.125 e. The van der Waals surface area contributed by atoms with E-state index in [0.717, 1.165) is 29.7 Å². The first-order valence-corrected chi connectivity index (χ1v) is 7.60. The third-order valence-electron chi connectivity index (χ3n) is 2.97. The molecule has 18 heavy (non-hydrogen) atoms. The summed E-state index contributed by atoms with van der Waals surface area (Å²) in [4.78, 5) is 0. The van der Waals surface area contributed by atoms with Crippen molar-refractivity contribution in [1.82, 2.24) is 0 Å². The van der Waals surface area contributed by atoms with Crippen LogP contribution in [0.15, 0.2) is 16.6 Å². The molecule has 0 aromatic heterocycles. The Morgan fingerprint density at radius 1 is 1.22 bits per heavy atom. The van der Waals surface area contributed by atoms with Crippen LogP contribution in [0.4, 0.5) is 0 Å². The van der Waals surface area contributed by atoms with Gasteiger partial charge >= 0.3 is 0 Å². The third kappa shape index (κ3) is 4.99. The van der Waals surface area contributed by atoms with E-state index in [1.165, 1.54) is 30.4 Å². The normalized spacial score (nSPS) is 10.7. The van der Waals surface area contributed by atoms with Gasteiger partial charge in [0.2, 0.25) is 0 Å².